The van der Waals surface area contributed by atoms with E-state index in [1.165, 1.54) is 12.8 Å². The average molecular weight is 178 g/mol. The number of nitrogens with zero attached hydrogens (tertiary/aromatic N) is 2. The zero-order chi connectivity index (χ0) is 9.10. The van der Waals surface area contributed by atoms with Gasteiger partial charge in [0.05, 0.1) is 11.7 Å². The number of hydrogen-bond donors (Lipinski definition) is 2. The van der Waals surface area contributed by atoms with Crippen LogP contribution in [-0.2, 0) is 0 Å². The topological polar surface area (TPSA) is 63.8 Å². The highest BCUT2D eigenvalue weighted by atomic mass is 15.2. The van der Waals surface area contributed by atoms with Crippen molar-refractivity contribution < 1.29 is 0 Å². The summed E-state index contributed by atoms with van der Waals surface area (Å²) in [6.45, 7) is 1.08. The largest absolute Gasteiger partial charge is 0.382 e. The van der Waals surface area contributed by atoms with Crippen LogP contribution in [0.5, 0.6) is 0 Å². The molecule has 70 valence electrons. The minimum Gasteiger partial charge on any atom is -0.382 e. The van der Waals surface area contributed by atoms with E-state index >= 15 is 0 Å². The molecule has 1 aromatic rings. The predicted octanol–water partition coefficient (Wildman–Crippen LogP) is 0.873. The van der Waals surface area contributed by atoms with Gasteiger partial charge < -0.3 is 11.1 Å². The van der Waals surface area contributed by atoms with Crippen molar-refractivity contribution in [1.29, 1.82) is 0 Å². The highest BCUT2D eigenvalue weighted by Gasteiger charge is 2.15. The summed E-state index contributed by atoms with van der Waals surface area (Å²) in [6, 6.07) is 4.13. The van der Waals surface area contributed by atoms with Gasteiger partial charge in [0.25, 0.3) is 0 Å². The Morgan fingerprint density at radius 2 is 2.23 bits per heavy atom. The number of anilines is 1. The molecule has 0 radical (unpaired) electrons. The summed E-state index contributed by atoms with van der Waals surface area (Å²) in [5, 5.41) is 11.3. The standard InChI is InChI=1S/C9H14N4/c10-9-5-4-8(12-13-9)7-3-1-2-6-11-7/h4-5,7,11H,1-3,6H2,(H2,10,13). The first-order valence-electron chi connectivity index (χ1n) is 4.69. The van der Waals surface area contributed by atoms with Crippen LogP contribution in [0.3, 0.4) is 0 Å². The second-order valence-electron chi connectivity index (χ2n) is 3.39. The Hall–Kier alpha value is -1.16. The molecule has 1 aromatic heterocycles. The number of nitrogen functional groups attached to an aromatic ring is 1. The van der Waals surface area contributed by atoms with Crippen molar-refractivity contribution in [1.82, 2.24) is 15.5 Å². The van der Waals surface area contributed by atoms with Crippen LogP contribution < -0.4 is 11.1 Å². The molecule has 3 N–H and O–H groups in total. The number of piperidine rings is 1. The molecule has 13 heavy (non-hydrogen) atoms. The molecule has 2 heterocycles. The van der Waals surface area contributed by atoms with E-state index in [0.29, 0.717) is 11.9 Å². The van der Waals surface area contributed by atoms with Crippen LogP contribution in [0.15, 0.2) is 12.1 Å². The van der Waals surface area contributed by atoms with Crippen molar-refractivity contribution >= 4 is 5.82 Å². The van der Waals surface area contributed by atoms with E-state index in [9.17, 15) is 0 Å². The van der Waals surface area contributed by atoms with Crippen molar-refractivity contribution in [2.75, 3.05) is 12.3 Å². The molecule has 1 aliphatic heterocycles. The van der Waals surface area contributed by atoms with E-state index in [2.05, 4.69) is 15.5 Å². The van der Waals surface area contributed by atoms with Crippen LogP contribution in [0.4, 0.5) is 5.82 Å². The highest BCUT2D eigenvalue weighted by Crippen LogP contribution is 2.20. The smallest absolute Gasteiger partial charge is 0.146 e. The molecule has 0 amide bonds. The Balaban J connectivity index is 2.10. The van der Waals surface area contributed by atoms with E-state index in [0.717, 1.165) is 18.7 Å². The summed E-state index contributed by atoms with van der Waals surface area (Å²) < 4.78 is 0. The zero-order valence-electron chi connectivity index (χ0n) is 7.53. The average Bonchev–Trinajstić information content (AvgIpc) is 2.20. The van der Waals surface area contributed by atoms with Gasteiger partial charge in [-0.3, -0.25) is 0 Å². The third-order valence-corrected chi connectivity index (χ3v) is 2.37. The molecular weight excluding hydrogens is 164 g/mol. The molecule has 4 nitrogen and oxygen atoms in total. The minimum atomic E-state index is 0.377. The van der Waals surface area contributed by atoms with Crippen molar-refractivity contribution in [3.63, 3.8) is 0 Å². The molecule has 2 rings (SSSR count). The maximum atomic E-state index is 5.46. The maximum absolute atomic E-state index is 5.46. The monoisotopic (exact) mass is 178 g/mol. The third kappa shape index (κ3) is 1.95. The lowest BCUT2D eigenvalue weighted by Gasteiger charge is -2.22. The maximum Gasteiger partial charge on any atom is 0.146 e. The molecule has 1 fully saturated rings. The zero-order valence-corrected chi connectivity index (χ0v) is 7.53. The lowest BCUT2D eigenvalue weighted by Crippen LogP contribution is -2.27. The SMILES string of the molecule is Nc1ccc(C2CCCCN2)nn1. The van der Waals surface area contributed by atoms with Crippen LogP contribution in [0.2, 0.25) is 0 Å². The minimum absolute atomic E-state index is 0.377. The van der Waals surface area contributed by atoms with E-state index in [4.69, 9.17) is 5.73 Å². The normalized spacial score (nSPS) is 22.9. The van der Waals surface area contributed by atoms with Gasteiger partial charge in [0, 0.05) is 0 Å². The molecule has 0 bridgehead atoms. The van der Waals surface area contributed by atoms with E-state index in [1.807, 2.05) is 6.07 Å². The molecule has 0 aliphatic carbocycles. The van der Waals surface area contributed by atoms with Gasteiger partial charge in [-0.25, -0.2) is 0 Å². The number of nitrogens with two attached hydrogens (primary N) is 1. The molecule has 0 saturated carbocycles. The Morgan fingerprint density at radius 1 is 1.31 bits per heavy atom. The van der Waals surface area contributed by atoms with E-state index in [1.54, 1.807) is 6.07 Å². The summed E-state index contributed by atoms with van der Waals surface area (Å²) in [5.74, 6) is 0.486. The Labute approximate surface area is 77.5 Å². The summed E-state index contributed by atoms with van der Waals surface area (Å²) >= 11 is 0. The molecule has 1 atom stereocenters. The molecule has 1 unspecified atom stereocenters. The van der Waals surface area contributed by atoms with Crippen molar-refractivity contribution in [2.45, 2.75) is 25.3 Å². The lowest BCUT2D eigenvalue weighted by molar-refractivity contribution is 0.403. The van der Waals surface area contributed by atoms with Gasteiger partial charge in [-0.1, -0.05) is 6.42 Å². The van der Waals surface area contributed by atoms with Gasteiger partial charge in [0.2, 0.25) is 0 Å². The highest BCUT2D eigenvalue weighted by molar-refractivity contribution is 5.26. The van der Waals surface area contributed by atoms with Crippen LogP contribution in [0.25, 0.3) is 0 Å². The van der Waals surface area contributed by atoms with Crippen LogP contribution in [0.1, 0.15) is 31.0 Å². The summed E-state index contributed by atoms with van der Waals surface area (Å²) in [6.07, 6.45) is 3.68. The van der Waals surface area contributed by atoms with Crippen LogP contribution >= 0.6 is 0 Å². The first kappa shape index (κ1) is 8.44. The van der Waals surface area contributed by atoms with Gasteiger partial charge in [-0.05, 0) is 31.5 Å². The molecule has 0 aromatic carbocycles. The van der Waals surface area contributed by atoms with Crippen molar-refractivity contribution in [3.8, 4) is 0 Å². The van der Waals surface area contributed by atoms with Gasteiger partial charge in [0.15, 0.2) is 0 Å². The molecule has 1 aliphatic rings. The second-order valence-corrected chi connectivity index (χ2v) is 3.39. The van der Waals surface area contributed by atoms with Gasteiger partial charge in [-0.2, -0.15) is 5.10 Å². The summed E-state index contributed by atoms with van der Waals surface area (Å²) in [4.78, 5) is 0. The molecule has 1 saturated heterocycles. The Morgan fingerprint density at radius 3 is 2.85 bits per heavy atom. The third-order valence-electron chi connectivity index (χ3n) is 2.37. The quantitative estimate of drug-likeness (QED) is 0.670. The number of hydrogen-bond acceptors (Lipinski definition) is 4. The number of nitrogens with one attached hydrogen (secondary N) is 1. The molecule has 0 spiro atoms. The fourth-order valence-electron chi connectivity index (χ4n) is 1.64. The van der Waals surface area contributed by atoms with Gasteiger partial charge in [-0.15, -0.1) is 5.10 Å². The first-order valence-corrected chi connectivity index (χ1v) is 4.69. The number of rotatable bonds is 1. The van der Waals surface area contributed by atoms with E-state index in [-0.39, 0.29) is 0 Å². The van der Waals surface area contributed by atoms with Crippen molar-refractivity contribution in [3.05, 3.63) is 17.8 Å². The molecule has 4 heteroatoms. The van der Waals surface area contributed by atoms with Crippen LogP contribution in [0, 0.1) is 0 Å². The number of aromatic nitrogens is 2. The second kappa shape index (κ2) is 3.70. The first-order chi connectivity index (χ1) is 6.36. The summed E-state index contributed by atoms with van der Waals surface area (Å²) in [5.41, 5.74) is 6.47. The van der Waals surface area contributed by atoms with Crippen molar-refractivity contribution in [2.24, 2.45) is 0 Å². The van der Waals surface area contributed by atoms with Gasteiger partial charge >= 0.3 is 0 Å². The lowest BCUT2D eigenvalue weighted by atomic mass is 10.0. The van der Waals surface area contributed by atoms with Crippen LogP contribution in [-0.4, -0.2) is 16.7 Å². The Bertz CT molecular complexity index is 263. The van der Waals surface area contributed by atoms with Gasteiger partial charge in [0.1, 0.15) is 5.82 Å². The molecular formula is C9H14N4. The predicted molar refractivity (Wildman–Crippen MR) is 51.0 cm³/mol. The Kier molecular flexibility index (Phi) is 2.40. The fraction of sp³-hybridized carbons (Fsp3) is 0.556. The summed E-state index contributed by atoms with van der Waals surface area (Å²) in [7, 11) is 0. The van der Waals surface area contributed by atoms with E-state index < -0.39 is 0 Å². The fourth-order valence-corrected chi connectivity index (χ4v) is 1.64.